The van der Waals surface area contributed by atoms with Gasteiger partial charge in [-0.05, 0) is 47.6 Å². The number of methoxy groups -OCH3 is 1. The average Bonchev–Trinajstić information content (AvgIpc) is 2.79. The molecule has 1 fully saturated rings. The van der Waals surface area contributed by atoms with Crippen LogP contribution in [0.15, 0.2) is 29.2 Å². The minimum Gasteiger partial charge on any atom is -0.497 e. The van der Waals surface area contributed by atoms with Gasteiger partial charge in [0.05, 0.1) is 7.11 Å². The standard InChI is InChI=1S/C20H24O2S/c1-18-9-7-15-14-6-5-13(22-4)11-16(14)23-12-19(15,2)20(18,3)10-8-17(18)21/h5-7,11H,8-10,12H2,1-4H3/t18-,19-,20+/m1/s1. The maximum atomic E-state index is 12.6. The average molecular weight is 328 g/mol. The van der Waals surface area contributed by atoms with Gasteiger partial charge in [-0.2, -0.15) is 0 Å². The van der Waals surface area contributed by atoms with Crippen molar-refractivity contribution in [2.75, 3.05) is 12.9 Å². The first-order valence-corrected chi connectivity index (χ1v) is 9.39. The SMILES string of the molecule is COc1ccc2c(c1)SC[C@]1(C)C2=CC[C@]2(C)C(=O)CC[C@@]21C. The van der Waals surface area contributed by atoms with E-state index >= 15 is 0 Å². The van der Waals surface area contributed by atoms with Crippen LogP contribution in [0.5, 0.6) is 5.75 Å². The van der Waals surface area contributed by atoms with Gasteiger partial charge in [0.25, 0.3) is 0 Å². The van der Waals surface area contributed by atoms with Crippen LogP contribution in [0.3, 0.4) is 0 Å². The van der Waals surface area contributed by atoms with E-state index in [9.17, 15) is 4.79 Å². The maximum absolute atomic E-state index is 12.6. The molecule has 4 rings (SSSR count). The Kier molecular flexibility index (Phi) is 3.10. The lowest BCUT2D eigenvalue weighted by Crippen LogP contribution is -2.53. The monoisotopic (exact) mass is 328 g/mol. The number of hydrogen-bond donors (Lipinski definition) is 0. The molecule has 1 aromatic rings. The number of carbonyl (C=O) groups is 1. The lowest BCUT2D eigenvalue weighted by atomic mass is 9.48. The number of ketones is 1. The van der Waals surface area contributed by atoms with Gasteiger partial charge in [0.2, 0.25) is 0 Å². The highest BCUT2D eigenvalue weighted by atomic mass is 32.2. The van der Waals surface area contributed by atoms with Gasteiger partial charge in [0.1, 0.15) is 11.5 Å². The lowest BCUT2D eigenvalue weighted by Gasteiger charge is -2.58. The third kappa shape index (κ3) is 1.69. The minimum absolute atomic E-state index is 0.0474. The minimum atomic E-state index is -0.199. The molecule has 0 unspecified atom stereocenters. The van der Waals surface area contributed by atoms with E-state index in [-0.39, 0.29) is 16.2 Å². The molecule has 3 atom stereocenters. The van der Waals surface area contributed by atoms with Gasteiger partial charge in [-0.25, -0.2) is 0 Å². The molecule has 122 valence electrons. The summed E-state index contributed by atoms with van der Waals surface area (Å²) in [5.41, 5.74) is 2.69. The Morgan fingerprint density at radius 1 is 1.17 bits per heavy atom. The van der Waals surface area contributed by atoms with Crippen molar-refractivity contribution < 1.29 is 9.53 Å². The van der Waals surface area contributed by atoms with Crippen LogP contribution < -0.4 is 4.74 Å². The van der Waals surface area contributed by atoms with E-state index < -0.39 is 0 Å². The van der Waals surface area contributed by atoms with Crippen LogP contribution in [-0.4, -0.2) is 18.6 Å². The maximum Gasteiger partial charge on any atom is 0.139 e. The van der Waals surface area contributed by atoms with E-state index in [4.69, 9.17) is 4.74 Å². The van der Waals surface area contributed by atoms with Crippen LogP contribution in [0.2, 0.25) is 0 Å². The van der Waals surface area contributed by atoms with Gasteiger partial charge in [-0.15, -0.1) is 11.8 Å². The van der Waals surface area contributed by atoms with Gasteiger partial charge in [0.15, 0.2) is 0 Å². The summed E-state index contributed by atoms with van der Waals surface area (Å²) in [6.07, 6.45) is 4.99. The quantitative estimate of drug-likeness (QED) is 0.728. The summed E-state index contributed by atoms with van der Waals surface area (Å²) in [5.74, 6) is 2.42. The van der Waals surface area contributed by atoms with Crippen molar-refractivity contribution >= 4 is 23.1 Å². The van der Waals surface area contributed by atoms with Crippen molar-refractivity contribution in [2.24, 2.45) is 16.2 Å². The number of fused-ring (bicyclic) bond motifs is 5. The van der Waals surface area contributed by atoms with E-state index in [1.807, 2.05) is 11.8 Å². The molecule has 0 amide bonds. The molecule has 0 aromatic heterocycles. The number of hydrogen-bond acceptors (Lipinski definition) is 3. The van der Waals surface area contributed by atoms with Crippen molar-refractivity contribution in [3.05, 3.63) is 29.8 Å². The third-order valence-corrected chi connectivity index (χ3v) is 8.58. The number of ether oxygens (including phenoxy) is 1. The van der Waals surface area contributed by atoms with Crippen LogP contribution in [0.1, 0.15) is 45.6 Å². The predicted octanol–water partition coefficient (Wildman–Crippen LogP) is 4.97. The Balaban J connectivity index is 1.89. The molecular weight excluding hydrogens is 304 g/mol. The molecule has 0 bridgehead atoms. The zero-order valence-corrected chi connectivity index (χ0v) is 15.2. The normalized spacial score (nSPS) is 38.4. The molecule has 0 N–H and O–H groups in total. The molecule has 0 radical (unpaired) electrons. The Hall–Kier alpha value is -1.22. The molecule has 0 spiro atoms. The summed E-state index contributed by atoms with van der Waals surface area (Å²) in [5, 5.41) is 0. The van der Waals surface area contributed by atoms with Gasteiger partial charge >= 0.3 is 0 Å². The van der Waals surface area contributed by atoms with Crippen LogP contribution in [-0.2, 0) is 4.79 Å². The van der Waals surface area contributed by atoms with Crippen molar-refractivity contribution in [3.8, 4) is 5.75 Å². The third-order valence-electron chi connectivity index (χ3n) is 7.21. The van der Waals surface area contributed by atoms with E-state index in [1.54, 1.807) is 7.11 Å². The summed E-state index contributed by atoms with van der Waals surface area (Å²) < 4.78 is 5.38. The Labute approximate surface area is 142 Å². The smallest absolute Gasteiger partial charge is 0.139 e. The fraction of sp³-hybridized carbons (Fsp3) is 0.550. The molecule has 2 aliphatic carbocycles. The lowest BCUT2D eigenvalue weighted by molar-refractivity contribution is -0.131. The number of rotatable bonds is 1. The van der Waals surface area contributed by atoms with Crippen LogP contribution in [0.25, 0.3) is 5.57 Å². The molecule has 1 aliphatic heterocycles. The van der Waals surface area contributed by atoms with Gasteiger partial charge in [0, 0.05) is 27.9 Å². The Morgan fingerprint density at radius 2 is 1.96 bits per heavy atom. The largest absolute Gasteiger partial charge is 0.497 e. The van der Waals surface area contributed by atoms with E-state index in [0.29, 0.717) is 5.78 Å². The number of benzene rings is 1. The molecule has 1 aromatic carbocycles. The van der Waals surface area contributed by atoms with Crippen LogP contribution in [0, 0.1) is 16.2 Å². The van der Waals surface area contributed by atoms with E-state index in [1.165, 1.54) is 16.0 Å². The Morgan fingerprint density at radius 3 is 2.70 bits per heavy atom. The summed E-state index contributed by atoms with van der Waals surface area (Å²) in [4.78, 5) is 13.9. The molecule has 1 heterocycles. The second kappa shape index (κ2) is 4.66. The second-order valence-corrected chi connectivity index (χ2v) is 8.91. The van der Waals surface area contributed by atoms with Gasteiger partial charge in [-0.1, -0.05) is 26.8 Å². The highest BCUT2D eigenvalue weighted by Crippen LogP contribution is 2.70. The van der Waals surface area contributed by atoms with E-state index in [0.717, 1.165) is 30.8 Å². The summed E-state index contributed by atoms with van der Waals surface area (Å²) in [7, 11) is 1.72. The second-order valence-electron chi connectivity index (χ2n) is 7.89. The Bertz CT molecular complexity index is 737. The summed E-state index contributed by atoms with van der Waals surface area (Å²) in [6.45, 7) is 6.95. The zero-order chi connectivity index (χ0) is 16.5. The van der Waals surface area contributed by atoms with Crippen LogP contribution >= 0.6 is 11.8 Å². The van der Waals surface area contributed by atoms with Crippen LogP contribution in [0.4, 0.5) is 0 Å². The molecule has 3 heteroatoms. The molecule has 0 saturated heterocycles. The number of thioether (sulfide) groups is 1. The molecule has 3 aliphatic rings. The molecular formula is C20H24O2S. The van der Waals surface area contributed by atoms with Crippen molar-refractivity contribution in [3.63, 3.8) is 0 Å². The fourth-order valence-electron chi connectivity index (χ4n) is 5.11. The number of allylic oxidation sites excluding steroid dienone is 2. The molecule has 2 nitrogen and oxygen atoms in total. The first-order valence-electron chi connectivity index (χ1n) is 8.41. The van der Waals surface area contributed by atoms with Gasteiger partial charge < -0.3 is 4.74 Å². The predicted molar refractivity (Wildman–Crippen MR) is 94.9 cm³/mol. The molecule has 23 heavy (non-hydrogen) atoms. The van der Waals surface area contributed by atoms with E-state index in [2.05, 4.69) is 45.0 Å². The zero-order valence-electron chi connectivity index (χ0n) is 14.4. The number of Topliss-reactive ketones (excluding diaryl/α,β-unsaturated/α-hetero) is 1. The fourth-order valence-corrected chi connectivity index (χ4v) is 6.56. The highest BCUT2D eigenvalue weighted by molar-refractivity contribution is 7.99. The summed E-state index contributed by atoms with van der Waals surface area (Å²) >= 11 is 1.92. The highest BCUT2D eigenvalue weighted by Gasteiger charge is 2.65. The van der Waals surface area contributed by atoms with Crippen molar-refractivity contribution in [1.82, 2.24) is 0 Å². The van der Waals surface area contributed by atoms with Gasteiger partial charge in [-0.3, -0.25) is 4.79 Å². The number of carbonyl (C=O) groups excluding carboxylic acids is 1. The molecule has 1 saturated carbocycles. The first-order chi connectivity index (χ1) is 10.9. The van der Waals surface area contributed by atoms with Crippen molar-refractivity contribution in [1.29, 1.82) is 0 Å². The van der Waals surface area contributed by atoms with Crippen molar-refractivity contribution in [2.45, 2.75) is 44.9 Å². The first kappa shape index (κ1) is 15.3. The topological polar surface area (TPSA) is 26.3 Å². The summed E-state index contributed by atoms with van der Waals surface area (Å²) in [6, 6.07) is 6.41.